The summed E-state index contributed by atoms with van der Waals surface area (Å²) in [6.07, 6.45) is -0.180. The van der Waals surface area contributed by atoms with E-state index in [0.717, 1.165) is 0 Å². The van der Waals surface area contributed by atoms with E-state index in [1.54, 1.807) is 36.4 Å². The second-order valence-electron chi connectivity index (χ2n) is 6.10. The minimum Gasteiger partial charge on any atom is -0.392 e. The van der Waals surface area contributed by atoms with Crippen LogP contribution in [0.5, 0.6) is 0 Å². The number of aliphatic hydroxyl groups excluding tert-OH is 1. The van der Waals surface area contributed by atoms with E-state index in [1.165, 1.54) is 16.4 Å². The van der Waals surface area contributed by atoms with Gasteiger partial charge in [-0.3, -0.25) is 10.1 Å². The quantitative estimate of drug-likeness (QED) is 0.668. The summed E-state index contributed by atoms with van der Waals surface area (Å²) in [7, 11) is -3.63. The molecule has 0 spiro atoms. The van der Waals surface area contributed by atoms with Gasteiger partial charge in [-0.1, -0.05) is 18.2 Å². The Kier molecular flexibility index (Phi) is 5.85. The van der Waals surface area contributed by atoms with Gasteiger partial charge < -0.3 is 10.4 Å². The fraction of sp³-hybridized carbons (Fsp3) is 0.222. The average Bonchev–Trinajstić information content (AvgIpc) is 3.10. The van der Waals surface area contributed by atoms with E-state index in [4.69, 9.17) is 12.2 Å². The van der Waals surface area contributed by atoms with E-state index in [0.29, 0.717) is 24.2 Å². The Labute approximate surface area is 163 Å². The van der Waals surface area contributed by atoms with Crippen molar-refractivity contribution in [2.24, 2.45) is 0 Å². The molecule has 0 bridgehead atoms. The largest absolute Gasteiger partial charge is 0.392 e. The maximum atomic E-state index is 12.5. The predicted octanol–water partition coefficient (Wildman–Crippen LogP) is 1.57. The normalized spacial score (nSPS) is 17.4. The number of carbonyl (C=O) groups excluding carboxylic acids is 1. The number of thiocarbonyl (C=S) groups is 1. The number of rotatable bonds is 4. The molecule has 1 amide bonds. The molecule has 0 saturated carbocycles. The molecular weight excluding hydrogens is 386 g/mol. The predicted molar refractivity (Wildman–Crippen MR) is 106 cm³/mol. The van der Waals surface area contributed by atoms with Gasteiger partial charge in [0.15, 0.2) is 5.11 Å². The van der Waals surface area contributed by atoms with Crippen molar-refractivity contribution in [2.75, 3.05) is 18.4 Å². The van der Waals surface area contributed by atoms with Crippen LogP contribution in [0.4, 0.5) is 5.69 Å². The summed E-state index contributed by atoms with van der Waals surface area (Å²) in [5.41, 5.74) is 1.03. The van der Waals surface area contributed by atoms with E-state index in [-0.39, 0.29) is 22.5 Å². The second-order valence-corrected chi connectivity index (χ2v) is 8.45. The van der Waals surface area contributed by atoms with Crippen molar-refractivity contribution < 1.29 is 18.3 Å². The van der Waals surface area contributed by atoms with Gasteiger partial charge in [0, 0.05) is 24.3 Å². The van der Waals surface area contributed by atoms with Crippen molar-refractivity contribution >= 4 is 38.9 Å². The van der Waals surface area contributed by atoms with E-state index in [9.17, 15) is 18.3 Å². The van der Waals surface area contributed by atoms with Gasteiger partial charge in [-0.25, -0.2) is 8.42 Å². The summed E-state index contributed by atoms with van der Waals surface area (Å²) in [5.74, 6) is -0.333. The number of hydrogen-bond acceptors (Lipinski definition) is 5. The van der Waals surface area contributed by atoms with Crippen LogP contribution in [0.1, 0.15) is 16.8 Å². The van der Waals surface area contributed by atoms with Gasteiger partial charge in [0.25, 0.3) is 5.91 Å². The van der Waals surface area contributed by atoms with Gasteiger partial charge in [0.1, 0.15) is 0 Å². The minimum atomic E-state index is -3.63. The zero-order chi connectivity index (χ0) is 19.4. The third kappa shape index (κ3) is 4.69. The van der Waals surface area contributed by atoms with Crippen molar-refractivity contribution in [3.63, 3.8) is 0 Å². The van der Waals surface area contributed by atoms with Crippen molar-refractivity contribution in [2.45, 2.75) is 17.4 Å². The highest BCUT2D eigenvalue weighted by atomic mass is 32.2. The monoisotopic (exact) mass is 405 g/mol. The summed E-state index contributed by atoms with van der Waals surface area (Å²) in [5, 5.41) is 15.1. The van der Waals surface area contributed by atoms with Crippen LogP contribution >= 0.6 is 12.2 Å². The Hall–Kier alpha value is -2.33. The first-order valence-electron chi connectivity index (χ1n) is 8.32. The molecule has 1 fully saturated rings. The SMILES string of the molecule is O=C(NC(=S)Nc1ccc(S(=O)(=O)N2CCC(O)C2)cc1)c1ccccc1. The zero-order valence-corrected chi connectivity index (χ0v) is 16.0. The molecule has 2 aromatic carbocycles. The van der Waals surface area contributed by atoms with Gasteiger partial charge in [-0.05, 0) is 55.0 Å². The molecule has 0 aliphatic carbocycles. The number of amides is 1. The van der Waals surface area contributed by atoms with Crippen LogP contribution in [-0.4, -0.2) is 48.0 Å². The highest BCUT2D eigenvalue weighted by Gasteiger charge is 2.31. The molecule has 3 rings (SSSR count). The number of aliphatic hydroxyl groups is 1. The van der Waals surface area contributed by atoms with Crippen molar-refractivity contribution in [1.82, 2.24) is 9.62 Å². The molecule has 0 aromatic heterocycles. The zero-order valence-electron chi connectivity index (χ0n) is 14.3. The maximum absolute atomic E-state index is 12.5. The van der Waals surface area contributed by atoms with Crippen LogP contribution in [0.3, 0.4) is 0 Å². The molecule has 0 radical (unpaired) electrons. The lowest BCUT2D eigenvalue weighted by molar-refractivity contribution is 0.0977. The van der Waals surface area contributed by atoms with Gasteiger partial charge >= 0.3 is 0 Å². The van der Waals surface area contributed by atoms with E-state index < -0.39 is 16.1 Å². The summed E-state index contributed by atoms with van der Waals surface area (Å²) in [6.45, 7) is 0.414. The van der Waals surface area contributed by atoms with E-state index in [1.807, 2.05) is 6.07 Å². The number of nitrogens with one attached hydrogen (secondary N) is 2. The first kappa shape index (κ1) is 19.4. The minimum absolute atomic E-state index is 0.109. The van der Waals surface area contributed by atoms with Crippen molar-refractivity contribution in [3.8, 4) is 0 Å². The number of carbonyl (C=O) groups is 1. The molecule has 1 heterocycles. The molecule has 1 aliphatic heterocycles. The third-order valence-corrected chi connectivity index (χ3v) is 6.22. The van der Waals surface area contributed by atoms with Gasteiger partial charge in [0.05, 0.1) is 11.0 Å². The molecule has 3 N–H and O–H groups in total. The fourth-order valence-corrected chi connectivity index (χ4v) is 4.42. The van der Waals surface area contributed by atoms with E-state index >= 15 is 0 Å². The highest BCUT2D eigenvalue weighted by Crippen LogP contribution is 2.22. The Balaban J connectivity index is 1.62. The molecule has 1 saturated heterocycles. The van der Waals surface area contributed by atoms with Crippen molar-refractivity contribution in [3.05, 3.63) is 60.2 Å². The van der Waals surface area contributed by atoms with Crippen molar-refractivity contribution in [1.29, 1.82) is 0 Å². The summed E-state index contributed by atoms with van der Waals surface area (Å²) in [4.78, 5) is 12.2. The number of benzene rings is 2. The van der Waals surface area contributed by atoms with E-state index in [2.05, 4.69) is 10.6 Å². The Morgan fingerprint density at radius 2 is 1.78 bits per heavy atom. The highest BCUT2D eigenvalue weighted by molar-refractivity contribution is 7.89. The van der Waals surface area contributed by atoms with Gasteiger partial charge in [0.2, 0.25) is 10.0 Å². The molecule has 1 atom stereocenters. The molecule has 2 aromatic rings. The molecule has 1 aliphatic rings. The van der Waals surface area contributed by atoms with Crippen LogP contribution < -0.4 is 10.6 Å². The molecule has 142 valence electrons. The van der Waals surface area contributed by atoms with Crippen LogP contribution in [0.25, 0.3) is 0 Å². The Bertz CT molecular complexity index is 931. The maximum Gasteiger partial charge on any atom is 0.257 e. The number of sulfonamides is 1. The summed E-state index contributed by atoms with van der Waals surface area (Å²) < 4.78 is 26.3. The topological polar surface area (TPSA) is 98.7 Å². The lowest BCUT2D eigenvalue weighted by Gasteiger charge is -2.16. The molecule has 7 nitrogen and oxygen atoms in total. The van der Waals surface area contributed by atoms with Crippen LogP contribution in [0, 0.1) is 0 Å². The first-order chi connectivity index (χ1) is 12.9. The Morgan fingerprint density at radius 1 is 1.11 bits per heavy atom. The number of hydrogen-bond donors (Lipinski definition) is 3. The van der Waals surface area contributed by atoms with Crippen LogP contribution in [0.2, 0.25) is 0 Å². The molecular formula is C18H19N3O4S2. The van der Waals surface area contributed by atoms with Gasteiger partial charge in [-0.15, -0.1) is 0 Å². The summed E-state index contributed by atoms with van der Waals surface area (Å²) >= 11 is 5.12. The molecule has 9 heteroatoms. The first-order valence-corrected chi connectivity index (χ1v) is 10.2. The lowest BCUT2D eigenvalue weighted by Crippen LogP contribution is -2.34. The fourth-order valence-electron chi connectivity index (χ4n) is 2.72. The lowest BCUT2D eigenvalue weighted by atomic mass is 10.2. The second kappa shape index (κ2) is 8.13. The smallest absolute Gasteiger partial charge is 0.257 e. The molecule has 27 heavy (non-hydrogen) atoms. The van der Waals surface area contributed by atoms with Gasteiger partial charge in [-0.2, -0.15) is 4.31 Å². The third-order valence-electron chi connectivity index (χ3n) is 4.14. The number of anilines is 1. The standard InChI is InChI=1S/C18H19N3O4S2/c22-15-10-11-21(12-15)27(24,25)16-8-6-14(7-9-16)19-18(26)20-17(23)13-4-2-1-3-5-13/h1-9,15,22H,10-12H2,(H2,19,20,23,26). The number of β-amino-alcohol motifs (C(OH)–C–C–N with tert-alkyl or cyclic N) is 1. The van der Waals surface area contributed by atoms with Crippen LogP contribution in [-0.2, 0) is 10.0 Å². The Morgan fingerprint density at radius 3 is 2.37 bits per heavy atom. The number of nitrogens with zero attached hydrogens (tertiary/aromatic N) is 1. The van der Waals surface area contributed by atoms with Crippen LogP contribution in [0.15, 0.2) is 59.5 Å². The summed E-state index contributed by atoms with van der Waals surface area (Å²) in [6, 6.07) is 14.7. The molecule has 1 unspecified atom stereocenters. The average molecular weight is 406 g/mol.